The van der Waals surface area contributed by atoms with Crippen molar-refractivity contribution in [1.82, 2.24) is 0 Å². The predicted molar refractivity (Wildman–Crippen MR) is 87.0 cm³/mol. The predicted octanol–water partition coefficient (Wildman–Crippen LogP) is 5.12. The lowest BCUT2D eigenvalue weighted by atomic mass is 9.77. The number of terminal acetylenes is 1. The highest BCUT2D eigenvalue weighted by atomic mass is 16.3. The molecule has 110 valence electrons. The standard InChI is InChI=1S/C12H22O.C4H8.C2H2/c1-4-9-12(3,13)11-7-5-10(2)6-8-11;1-4(2)3;1-2/h5,11,13H,4,6-9H2,1-3H3;1H2,2-3H3;1-2H/t11-,12+;;/m1../s1. The summed E-state index contributed by atoms with van der Waals surface area (Å²) in [5, 5.41) is 10.2. The van der Waals surface area contributed by atoms with E-state index in [-0.39, 0.29) is 0 Å². The third kappa shape index (κ3) is 10.6. The van der Waals surface area contributed by atoms with Gasteiger partial charge in [0.25, 0.3) is 0 Å². The number of aliphatic hydroxyl groups is 1. The maximum atomic E-state index is 10.2. The molecule has 0 aromatic rings. The van der Waals surface area contributed by atoms with Crippen molar-refractivity contribution in [1.29, 1.82) is 0 Å². The molecule has 0 heterocycles. The number of hydrogen-bond donors (Lipinski definition) is 1. The molecule has 1 heteroatoms. The molecule has 0 spiro atoms. The average molecular weight is 264 g/mol. The summed E-state index contributed by atoms with van der Waals surface area (Å²) in [6.07, 6.45) is 15.7. The lowest BCUT2D eigenvalue weighted by Gasteiger charge is -2.34. The van der Waals surface area contributed by atoms with Gasteiger partial charge in [0.15, 0.2) is 0 Å². The molecule has 0 radical (unpaired) electrons. The summed E-state index contributed by atoms with van der Waals surface area (Å²) >= 11 is 0. The Morgan fingerprint density at radius 3 is 2.26 bits per heavy atom. The highest BCUT2D eigenvalue weighted by Gasteiger charge is 2.31. The van der Waals surface area contributed by atoms with Crippen LogP contribution in [0.4, 0.5) is 0 Å². The topological polar surface area (TPSA) is 20.2 Å². The zero-order valence-electron chi connectivity index (χ0n) is 13.5. The van der Waals surface area contributed by atoms with Crippen molar-refractivity contribution in [2.24, 2.45) is 5.92 Å². The fraction of sp³-hybridized carbons (Fsp3) is 0.667. The molecule has 0 fully saturated rings. The Morgan fingerprint density at radius 1 is 1.47 bits per heavy atom. The Labute approximate surface area is 120 Å². The van der Waals surface area contributed by atoms with Crippen molar-refractivity contribution in [3.05, 3.63) is 23.8 Å². The van der Waals surface area contributed by atoms with Gasteiger partial charge >= 0.3 is 0 Å². The van der Waals surface area contributed by atoms with Gasteiger partial charge in [0.05, 0.1) is 5.60 Å². The Bertz CT molecular complexity index is 290. The van der Waals surface area contributed by atoms with Crippen LogP contribution in [0.1, 0.15) is 66.7 Å². The van der Waals surface area contributed by atoms with Crippen LogP contribution in [0.2, 0.25) is 0 Å². The van der Waals surface area contributed by atoms with Crippen molar-refractivity contribution in [2.75, 3.05) is 0 Å². The summed E-state index contributed by atoms with van der Waals surface area (Å²) in [4.78, 5) is 0. The number of hydrogen-bond acceptors (Lipinski definition) is 1. The second kappa shape index (κ2) is 10.9. The van der Waals surface area contributed by atoms with Crippen molar-refractivity contribution in [2.45, 2.75) is 72.3 Å². The molecule has 19 heavy (non-hydrogen) atoms. The Morgan fingerprint density at radius 2 is 1.95 bits per heavy atom. The van der Waals surface area contributed by atoms with Gasteiger partial charge in [0.2, 0.25) is 0 Å². The third-order valence-electron chi connectivity index (χ3n) is 3.27. The van der Waals surface area contributed by atoms with E-state index in [4.69, 9.17) is 0 Å². The van der Waals surface area contributed by atoms with Crippen molar-refractivity contribution < 1.29 is 5.11 Å². The Kier molecular flexibility index (Phi) is 11.6. The summed E-state index contributed by atoms with van der Waals surface area (Å²) < 4.78 is 0. The highest BCUT2D eigenvalue weighted by molar-refractivity contribution is 5.05. The molecule has 1 aliphatic rings. The number of rotatable bonds is 3. The van der Waals surface area contributed by atoms with E-state index in [0.29, 0.717) is 5.92 Å². The first-order valence-corrected chi connectivity index (χ1v) is 7.13. The van der Waals surface area contributed by atoms with E-state index in [0.717, 1.165) is 25.7 Å². The molecule has 0 unspecified atom stereocenters. The van der Waals surface area contributed by atoms with Crippen LogP contribution < -0.4 is 0 Å². The van der Waals surface area contributed by atoms with E-state index in [1.807, 2.05) is 20.8 Å². The van der Waals surface area contributed by atoms with Gasteiger partial charge in [0, 0.05) is 0 Å². The van der Waals surface area contributed by atoms with Gasteiger partial charge in [-0.25, -0.2) is 0 Å². The Hall–Kier alpha value is -1.00. The molecule has 0 amide bonds. The van der Waals surface area contributed by atoms with Crippen LogP contribution in [0.15, 0.2) is 23.8 Å². The molecule has 1 nitrogen and oxygen atoms in total. The summed E-state index contributed by atoms with van der Waals surface area (Å²) in [7, 11) is 0. The minimum Gasteiger partial charge on any atom is -0.390 e. The van der Waals surface area contributed by atoms with Crippen molar-refractivity contribution >= 4 is 0 Å². The molecule has 0 aliphatic heterocycles. The van der Waals surface area contributed by atoms with Crippen LogP contribution in [0, 0.1) is 18.8 Å². The van der Waals surface area contributed by atoms with E-state index in [2.05, 4.69) is 39.3 Å². The maximum absolute atomic E-state index is 10.2. The number of allylic oxidation sites excluding steroid dienone is 3. The van der Waals surface area contributed by atoms with Gasteiger partial charge in [-0.3, -0.25) is 0 Å². The van der Waals surface area contributed by atoms with E-state index < -0.39 is 5.60 Å². The largest absolute Gasteiger partial charge is 0.390 e. The smallest absolute Gasteiger partial charge is 0.0650 e. The third-order valence-corrected chi connectivity index (χ3v) is 3.27. The van der Waals surface area contributed by atoms with E-state index in [1.54, 1.807) is 0 Å². The monoisotopic (exact) mass is 264 g/mol. The van der Waals surface area contributed by atoms with Crippen LogP contribution in [-0.4, -0.2) is 10.7 Å². The molecule has 1 rings (SSSR count). The summed E-state index contributed by atoms with van der Waals surface area (Å²) in [6, 6.07) is 0. The molecule has 0 aromatic carbocycles. The first-order valence-electron chi connectivity index (χ1n) is 7.13. The van der Waals surface area contributed by atoms with E-state index >= 15 is 0 Å². The van der Waals surface area contributed by atoms with Crippen molar-refractivity contribution in [3.8, 4) is 12.8 Å². The van der Waals surface area contributed by atoms with Gasteiger partial charge in [-0.05, 0) is 59.3 Å². The van der Waals surface area contributed by atoms with Gasteiger partial charge in [-0.15, -0.1) is 19.4 Å². The molecular weight excluding hydrogens is 232 g/mol. The normalized spacial score (nSPS) is 20.6. The van der Waals surface area contributed by atoms with Crippen LogP contribution in [0.25, 0.3) is 0 Å². The van der Waals surface area contributed by atoms with Crippen LogP contribution in [0.3, 0.4) is 0 Å². The average Bonchev–Trinajstić information content (AvgIpc) is 2.31. The van der Waals surface area contributed by atoms with E-state index in [9.17, 15) is 5.11 Å². The molecule has 0 aromatic heterocycles. The van der Waals surface area contributed by atoms with Gasteiger partial charge in [-0.2, -0.15) is 0 Å². The first-order chi connectivity index (χ1) is 8.79. The van der Waals surface area contributed by atoms with Gasteiger partial charge in [0.1, 0.15) is 0 Å². The first kappa shape index (κ1) is 20.3. The zero-order valence-corrected chi connectivity index (χ0v) is 13.5. The molecular formula is C18H32O. The van der Waals surface area contributed by atoms with Crippen LogP contribution in [0.5, 0.6) is 0 Å². The molecule has 0 bridgehead atoms. The fourth-order valence-corrected chi connectivity index (χ4v) is 2.24. The summed E-state index contributed by atoms with van der Waals surface area (Å²) in [5.74, 6) is 0.483. The second-order valence-electron chi connectivity index (χ2n) is 5.84. The molecule has 1 N–H and O–H groups in total. The lowest BCUT2D eigenvalue weighted by Crippen LogP contribution is -2.35. The molecule has 1 aliphatic carbocycles. The minimum absolute atomic E-state index is 0.439. The minimum atomic E-state index is -0.439. The Balaban J connectivity index is 0. The lowest BCUT2D eigenvalue weighted by molar-refractivity contribution is -0.0135. The summed E-state index contributed by atoms with van der Waals surface area (Å²) in [5.41, 5.74) is 2.22. The van der Waals surface area contributed by atoms with Gasteiger partial charge in [-0.1, -0.05) is 30.6 Å². The second-order valence-corrected chi connectivity index (χ2v) is 5.84. The molecule has 2 atom stereocenters. The van der Waals surface area contributed by atoms with E-state index in [1.165, 1.54) is 17.6 Å². The fourth-order valence-electron chi connectivity index (χ4n) is 2.24. The van der Waals surface area contributed by atoms with Crippen LogP contribution >= 0.6 is 0 Å². The highest BCUT2D eigenvalue weighted by Crippen LogP contribution is 2.34. The SMILES string of the molecule is C#C.C=C(C)C.CCC[C@](C)(O)[C@@H]1CC=C(C)CC1. The molecule has 0 saturated heterocycles. The van der Waals surface area contributed by atoms with Crippen molar-refractivity contribution in [3.63, 3.8) is 0 Å². The maximum Gasteiger partial charge on any atom is 0.0650 e. The van der Waals surface area contributed by atoms with Crippen LogP contribution in [-0.2, 0) is 0 Å². The molecule has 0 saturated carbocycles. The summed E-state index contributed by atoms with van der Waals surface area (Å²) in [6.45, 7) is 13.8. The quantitative estimate of drug-likeness (QED) is 0.554. The zero-order chi connectivity index (χ0) is 15.5. The van der Waals surface area contributed by atoms with Gasteiger partial charge < -0.3 is 5.11 Å².